The number of carbonyl (C=O) groups is 2. The number of carbonyl (C=O) groups excluding carboxylic acids is 2. The highest BCUT2D eigenvalue weighted by Crippen LogP contribution is 2.49. The number of phenols is 1. The summed E-state index contributed by atoms with van der Waals surface area (Å²) in [6, 6.07) is 30.3. The average molecular weight is 581 g/mol. The van der Waals surface area contributed by atoms with E-state index in [2.05, 4.69) is 10.3 Å². The lowest BCUT2D eigenvalue weighted by atomic mass is 9.93. The summed E-state index contributed by atoms with van der Waals surface area (Å²) in [6.07, 6.45) is 3.62. The third-order valence-electron chi connectivity index (χ3n) is 8.20. The Kier molecular flexibility index (Phi) is 6.62. The summed E-state index contributed by atoms with van der Waals surface area (Å²) >= 11 is 0. The van der Waals surface area contributed by atoms with Crippen molar-refractivity contribution in [2.75, 3.05) is 5.73 Å². The van der Waals surface area contributed by atoms with E-state index in [-0.39, 0.29) is 17.2 Å². The fourth-order valence-electron chi connectivity index (χ4n) is 5.59. The Labute approximate surface area is 253 Å². The number of aldehydes is 1. The van der Waals surface area contributed by atoms with Crippen molar-refractivity contribution in [2.45, 2.75) is 24.8 Å². The van der Waals surface area contributed by atoms with E-state index < -0.39 is 5.41 Å². The SMILES string of the molecule is Nc1ncccc1-c1nc2ccc(-c3ccccc3)nc2n1-c1ccc(CNC(=O)C2(c3ccc(C=O)c(O)c3)CC2)cc1. The first kappa shape index (κ1) is 27.0. The Morgan fingerprint density at radius 3 is 2.45 bits per heavy atom. The number of imidazole rings is 1. The number of nitrogens with one attached hydrogen (secondary N) is 1. The molecule has 0 bridgehead atoms. The molecule has 3 aromatic carbocycles. The van der Waals surface area contributed by atoms with Crippen molar-refractivity contribution in [3.05, 3.63) is 120 Å². The number of aromatic hydroxyl groups is 1. The van der Waals surface area contributed by atoms with Crippen molar-refractivity contribution < 1.29 is 14.7 Å². The molecule has 216 valence electrons. The molecule has 3 aromatic heterocycles. The molecule has 1 fully saturated rings. The predicted molar refractivity (Wildman–Crippen MR) is 168 cm³/mol. The van der Waals surface area contributed by atoms with Gasteiger partial charge in [-0.2, -0.15) is 0 Å². The molecule has 0 atom stereocenters. The summed E-state index contributed by atoms with van der Waals surface area (Å²) in [5.41, 5.74) is 12.2. The van der Waals surface area contributed by atoms with Crippen molar-refractivity contribution in [1.82, 2.24) is 24.8 Å². The van der Waals surface area contributed by atoms with Crippen LogP contribution in [0.3, 0.4) is 0 Å². The van der Waals surface area contributed by atoms with Crippen LogP contribution >= 0.6 is 0 Å². The molecule has 4 N–H and O–H groups in total. The topological polar surface area (TPSA) is 136 Å². The van der Waals surface area contributed by atoms with Crippen molar-refractivity contribution in [3.8, 4) is 34.1 Å². The first-order valence-electron chi connectivity index (χ1n) is 14.3. The third kappa shape index (κ3) is 4.74. The molecule has 1 aliphatic carbocycles. The molecule has 7 rings (SSSR count). The molecule has 0 spiro atoms. The van der Waals surface area contributed by atoms with E-state index >= 15 is 0 Å². The molecule has 0 aliphatic heterocycles. The van der Waals surface area contributed by atoms with Crippen LogP contribution in [0.15, 0.2) is 103 Å². The van der Waals surface area contributed by atoms with Gasteiger partial charge >= 0.3 is 0 Å². The Hall–Kier alpha value is -5.83. The first-order chi connectivity index (χ1) is 21.5. The van der Waals surface area contributed by atoms with Gasteiger partial charge in [0.15, 0.2) is 17.8 Å². The number of nitrogens with zero attached hydrogens (tertiary/aromatic N) is 4. The Bertz CT molecular complexity index is 2030. The normalized spacial score (nSPS) is 13.5. The lowest BCUT2D eigenvalue weighted by Crippen LogP contribution is -2.34. The van der Waals surface area contributed by atoms with Gasteiger partial charge in [0.25, 0.3) is 0 Å². The summed E-state index contributed by atoms with van der Waals surface area (Å²) in [4.78, 5) is 38.5. The van der Waals surface area contributed by atoms with Gasteiger partial charge in [0.2, 0.25) is 5.91 Å². The van der Waals surface area contributed by atoms with E-state index in [1.165, 1.54) is 6.07 Å². The van der Waals surface area contributed by atoms with E-state index in [4.69, 9.17) is 15.7 Å². The second kappa shape index (κ2) is 10.8. The summed E-state index contributed by atoms with van der Waals surface area (Å²) in [5.74, 6) is 0.781. The second-order valence-corrected chi connectivity index (χ2v) is 10.9. The fraction of sp³-hybridized carbons (Fsp3) is 0.114. The number of nitrogens with two attached hydrogens (primary N) is 1. The third-order valence-corrected chi connectivity index (χ3v) is 8.20. The average Bonchev–Trinajstić information content (AvgIpc) is 3.79. The molecule has 1 saturated carbocycles. The van der Waals surface area contributed by atoms with Crippen molar-refractivity contribution in [2.24, 2.45) is 0 Å². The van der Waals surface area contributed by atoms with Gasteiger partial charge < -0.3 is 16.2 Å². The van der Waals surface area contributed by atoms with Crippen LogP contribution in [0.5, 0.6) is 5.75 Å². The fourth-order valence-corrected chi connectivity index (χ4v) is 5.59. The van der Waals surface area contributed by atoms with E-state index in [0.717, 1.165) is 28.0 Å². The number of hydrogen-bond acceptors (Lipinski definition) is 7. The quantitative estimate of drug-likeness (QED) is 0.200. The van der Waals surface area contributed by atoms with Crippen LogP contribution in [-0.2, 0) is 16.8 Å². The zero-order chi connectivity index (χ0) is 30.3. The van der Waals surface area contributed by atoms with Crippen LogP contribution in [0.1, 0.15) is 34.3 Å². The van der Waals surface area contributed by atoms with Crippen molar-refractivity contribution in [1.29, 1.82) is 0 Å². The smallest absolute Gasteiger partial charge is 0.230 e. The predicted octanol–water partition coefficient (Wildman–Crippen LogP) is 5.60. The van der Waals surface area contributed by atoms with E-state index in [0.29, 0.717) is 54.1 Å². The van der Waals surface area contributed by atoms with Crippen molar-refractivity contribution >= 4 is 29.2 Å². The van der Waals surface area contributed by atoms with E-state index in [9.17, 15) is 14.7 Å². The van der Waals surface area contributed by atoms with Gasteiger partial charge in [-0.25, -0.2) is 15.0 Å². The maximum Gasteiger partial charge on any atom is 0.230 e. The Morgan fingerprint density at radius 2 is 1.75 bits per heavy atom. The highest BCUT2D eigenvalue weighted by Gasteiger charge is 2.51. The van der Waals surface area contributed by atoms with Crippen LogP contribution in [0.2, 0.25) is 0 Å². The molecule has 1 amide bonds. The molecule has 9 heteroatoms. The van der Waals surface area contributed by atoms with Gasteiger partial charge in [-0.15, -0.1) is 0 Å². The molecule has 44 heavy (non-hydrogen) atoms. The zero-order valence-electron chi connectivity index (χ0n) is 23.6. The minimum Gasteiger partial charge on any atom is -0.507 e. The number of pyridine rings is 2. The lowest BCUT2D eigenvalue weighted by Gasteiger charge is -2.17. The molecule has 6 aromatic rings. The largest absolute Gasteiger partial charge is 0.507 e. The van der Waals surface area contributed by atoms with E-state index in [1.807, 2.05) is 83.4 Å². The number of aromatic nitrogens is 4. The van der Waals surface area contributed by atoms with Gasteiger partial charge in [0, 0.05) is 24.0 Å². The number of anilines is 1. The standard InChI is InChI=1S/C35H28N6O3/c36-31-27(7-4-18-37-31)32-40-29-15-14-28(23-5-2-1-3-6-23)39-33(29)41(32)26-12-8-22(9-13-26)20-38-34(44)35(16-17-35)25-11-10-24(21-42)30(43)19-25/h1-15,18-19,21,43H,16-17,20H2,(H2,36,37)(H,38,44). The highest BCUT2D eigenvalue weighted by molar-refractivity contribution is 5.92. The number of nitrogen functional groups attached to an aromatic ring is 1. The number of phenolic OH excluding ortho intramolecular Hbond substituents is 1. The molecule has 0 unspecified atom stereocenters. The molecular weight excluding hydrogens is 552 g/mol. The van der Waals surface area contributed by atoms with Crippen LogP contribution < -0.4 is 11.1 Å². The van der Waals surface area contributed by atoms with Gasteiger partial charge in [-0.05, 0) is 72.5 Å². The van der Waals surface area contributed by atoms with Gasteiger partial charge in [-0.3, -0.25) is 14.2 Å². The van der Waals surface area contributed by atoms with Gasteiger partial charge in [0.1, 0.15) is 17.1 Å². The van der Waals surface area contributed by atoms with E-state index in [1.54, 1.807) is 18.3 Å². The zero-order valence-corrected chi connectivity index (χ0v) is 23.6. The van der Waals surface area contributed by atoms with Crippen LogP contribution in [0.4, 0.5) is 5.82 Å². The highest BCUT2D eigenvalue weighted by atomic mass is 16.3. The minimum absolute atomic E-state index is 0.104. The number of fused-ring (bicyclic) bond motifs is 1. The number of benzene rings is 3. The van der Waals surface area contributed by atoms with Crippen molar-refractivity contribution in [3.63, 3.8) is 0 Å². The van der Waals surface area contributed by atoms with Gasteiger partial charge in [0.05, 0.1) is 22.2 Å². The second-order valence-electron chi connectivity index (χ2n) is 10.9. The summed E-state index contributed by atoms with van der Waals surface area (Å²) < 4.78 is 1.98. The first-order valence-corrected chi connectivity index (χ1v) is 14.3. The van der Waals surface area contributed by atoms with Crippen LogP contribution in [0.25, 0.3) is 39.5 Å². The lowest BCUT2D eigenvalue weighted by molar-refractivity contribution is -0.123. The van der Waals surface area contributed by atoms with Crippen LogP contribution in [-0.4, -0.2) is 36.8 Å². The summed E-state index contributed by atoms with van der Waals surface area (Å²) in [7, 11) is 0. The minimum atomic E-state index is -0.685. The molecule has 1 aliphatic rings. The van der Waals surface area contributed by atoms with Crippen LogP contribution in [0, 0.1) is 0 Å². The molecule has 3 heterocycles. The summed E-state index contributed by atoms with van der Waals surface area (Å²) in [5, 5.41) is 13.2. The maximum absolute atomic E-state index is 13.2. The molecule has 0 saturated heterocycles. The Balaban J connectivity index is 1.19. The molecule has 9 nitrogen and oxygen atoms in total. The molecule has 0 radical (unpaired) electrons. The Morgan fingerprint density at radius 1 is 0.955 bits per heavy atom. The monoisotopic (exact) mass is 580 g/mol. The summed E-state index contributed by atoms with van der Waals surface area (Å²) in [6.45, 7) is 0.336. The number of hydrogen-bond donors (Lipinski definition) is 3. The number of amides is 1. The molecular formula is C35H28N6O3. The maximum atomic E-state index is 13.2. The van der Waals surface area contributed by atoms with Gasteiger partial charge in [-0.1, -0.05) is 48.5 Å². The number of rotatable bonds is 8.